The first kappa shape index (κ1) is 6.66. The Balaban J connectivity index is 1.59. The zero-order chi connectivity index (χ0) is 6.81. The highest BCUT2D eigenvalue weighted by Gasteiger charge is 2.24. The van der Waals surface area contributed by atoms with Crippen molar-refractivity contribution < 1.29 is 4.74 Å². The van der Waals surface area contributed by atoms with Crippen LogP contribution < -0.4 is 0 Å². The fourth-order valence-corrected chi connectivity index (χ4v) is 1.61. The standard InChI is InChI=1S/C9H16O/c1-2-4-9(3-1)10-7-8-5-6-8/h8-9H,1-7H2. The van der Waals surface area contributed by atoms with Crippen LogP contribution in [-0.2, 0) is 4.74 Å². The van der Waals surface area contributed by atoms with Crippen LogP contribution in [0.3, 0.4) is 0 Å². The van der Waals surface area contributed by atoms with E-state index in [1.807, 2.05) is 0 Å². The molecule has 0 saturated heterocycles. The molecule has 58 valence electrons. The maximum absolute atomic E-state index is 5.73. The zero-order valence-electron chi connectivity index (χ0n) is 6.51. The van der Waals surface area contributed by atoms with Crippen molar-refractivity contribution in [2.45, 2.75) is 44.6 Å². The lowest BCUT2D eigenvalue weighted by atomic mass is 10.3. The molecule has 2 fully saturated rings. The summed E-state index contributed by atoms with van der Waals surface area (Å²) in [6.45, 7) is 1.06. The van der Waals surface area contributed by atoms with Gasteiger partial charge in [-0.25, -0.2) is 0 Å². The molecule has 2 aliphatic rings. The molecule has 0 radical (unpaired) electrons. The Hall–Kier alpha value is -0.0400. The Bertz CT molecular complexity index is 101. The molecule has 2 rings (SSSR count). The van der Waals surface area contributed by atoms with Crippen molar-refractivity contribution in [1.82, 2.24) is 0 Å². The molecule has 0 spiro atoms. The first-order valence-corrected chi connectivity index (χ1v) is 4.57. The minimum atomic E-state index is 0.639. The maximum Gasteiger partial charge on any atom is 0.0575 e. The van der Waals surface area contributed by atoms with Crippen LogP contribution >= 0.6 is 0 Å². The van der Waals surface area contributed by atoms with E-state index >= 15 is 0 Å². The van der Waals surface area contributed by atoms with Gasteiger partial charge in [0.1, 0.15) is 0 Å². The predicted molar refractivity (Wildman–Crippen MR) is 40.9 cm³/mol. The van der Waals surface area contributed by atoms with Crippen LogP contribution in [0.1, 0.15) is 38.5 Å². The van der Waals surface area contributed by atoms with E-state index in [4.69, 9.17) is 4.74 Å². The van der Waals surface area contributed by atoms with Crippen molar-refractivity contribution in [2.75, 3.05) is 6.61 Å². The summed E-state index contributed by atoms with van der Waals surface area (Å²) in [7, 11) is 0. The zero-order valence-corrected chi connectivity index (χ0v) is 6.51. The average molecular weight is 140 g/mol. The molecule has 1 nitrogen and oxygen atoms in total. The summed E-state index contributed by atoms with van der Waals surface area (Å²) in [6, 6.07) is 0. The van der Waals surface area contributed by atoms with Gasteiger partial charge in [0.15, 0.2) is 0 Å². The van der Waals surface area contributed by atoms with Gasteiger partial charge in [-0.1, -0.05) is 12.8 Å². The summed E-state index contributed by atoms with van der Waals surface area (Å²) in [4.78, 5) is 0. The molecule has 2 aliphatic carbocycles. The predicted octanol–water partition coefficient (Wildman–Crippen LogP) is 2.36. The van der Waals surface area contributed by atoms with Gasteiger partial charge >= 0.3 is 0 Å². The minimum Gasteiger partial charge on any atom is -0.378 e. The van der Waals surface area contributed by atoms with E-state index in [-0.39, 0.29) is 0 Å². The van der Waals surface area contributed by atoms with Gasteiger partial charge < -0.3 is 4.74 Å². The number of ether oxygens (including phenoxy) is 1. The normalized spacial score (nSPS) is 27.6. The van der Waals surface area contributed by atoms with Crippen molar-refractivity contribution in [1.29, 1.82) is 0 Å². The fraction of sp³-hybridized carbons (Fsp3) is 1.00. The Morgan fingerprint density at radius 3 is 2.30 bits per heavy atom. The maximum atomic E-state index is 5.73. The van der Waals surface area contributed by atoms with Gasteiger partial charge in [-0.3, -0.25) is 0 Å². The van der Waals surface area contributed by atoms with Crippen LogP contribution in [0.5, 0.6) is 0 Å². The summed E-state index contributed by atoms with van der Waals surface area (Å²) in [5.74, 6) is 0.945. The molecule has 0 atom stereocenters. The Morgan fingerprint density at radius 1 is 1.00 bits per heavy atom. The van der Waals surface area contributed by atoms with E-state index in [0.29, 0.717) is 6.10 Å². The lowest BCUT2D eigenvalue weighted by molar-refractivity contribution is 0.0510. The van der Waals surface area contributed by atoms with E-state index in [2.05, 4.69) is 0 Å². The first-order chi connectivity index (χ1) is 4.95. The smallest absolute Gasteiger partial charge is 0.0575 e. The molecule has 0 N–H and O–H groups in total. The third-order valence-electron chi connectivity index (χ3n) is 2.57. The summed E-state index contributed by atoms with van der Waals surface area (Å²) < 4.78 is 5.73. The number of rotatable bonds is 3. The van der Waals surface area contributed by atoms with Crippen molar-refractivity contribution in [3.8, 4) is 0 Å². The Morgan fingerprint density at radius 2 is 1.70 bits per heavy atom. The molecular weight excluding hydrogens is 124 g/mol. The monoisotopic (exact) mass is 140 g/mol. The SMILES string of the molecule is C1CCC(OCC2CC2)C1. The third kappa shape index (κ3) is 1.72. The fourth-order valence-electron chi connectivity index (χ4n) is 1.61. The second kappa shape index (κ2) is 2.91. The van der Waals surface area contributed by atoms with Gasteiger partial charge in [0, 0.05) is 6.61 Å². The number of hydrogen-bond donors (Lipinski definition) is 0. The second-order valence-electron chi connectivity index (χ2n) is 3.68. The molecule has 0 bridgehead atoms. The topological polar surface area (TPSA) is 9.23 Å². The highest BCUT2D eigenvalue weighted by molar-refractivity contribution is 4.74. The summed E-state index contributed by atoms with van der Waals surface area (Å²) in [5.41, 5.74) is 0. The average Bonchev–Trinajstić information content (AvgIpc) is 2.63. The van der Waals surface area contributed by atoms with Gasteiger partial charge in [-0.2, -0.15) is 0 Å². The molecular formula is C9H16O. The molecule has 0 aliphatic heterocycles. The minimum absolute atomic E-state index is 0.639. The van der Waals surface area contributed by atoms with Gasteiger partial charge in [0.05, 0.1) is 6.10 Å². The molecule has 0 amide bonds. The van der Waals surface area contributed by atoms with E-state index in [1.54, 1.807) is 0 Å². The largest absolute Gasteiger partial charge is 0.378 e. The molecule has 0 aromatic carbocycles. The molecule has 0 aromatic rings. The lowest BCUT2D eigenvalue weighted by Gasteiger charge is -2.09. The highest BCUT2D eigenvalue weighted by Crippen LogP contribution is 2.31. The van der Waals surface area contributed by atoms with Crippen LogP contribution in [0.4, 0.5) is 0 Å². The quantitative estimate of drug-likeness (QED) is 0.584. The van der Waals surface area contributed by atoms with Crippen LogP contribution in [0.15, 0.2) is 0 Å². The molecule has 2 saturated carbocycles. The van der Waals surface area contributed by atoms with Crippen LogP contribution in [0.25, 0.3) is 0 Å². The van der Waals surface area contributed by atoms with E-state index in [9.17, 15) is 0 Å². The van der Waals surface area contributed by atoms with Gasteiger partial charge in [0.2, 0.25) is 0 Å². The summed E-state index contributed by atoms with van der Waals surface area (Å²) in [6.07, 6.45) is 8.93. The second-order valence-corrected chi connectivity index (χ2v) is 3.68. The Labute approximate surface area is 62.8 Å². The summed E-state index contributed by atoms with van der Waals surface area (Å²) in [5, 5.41) is 0. The van der Waals surface area contributed by atoms with E-state index in [1.165, 1.54) is 38.5 Å². The van der Waals surface area contributed by atoms with Crippen molar-refractivity contribution in [3.63, 3.8) is 0 Å². The third-order valence-corrected chi connectivity index (χ3v) is 2.57. The molecule has 0 heterocycles. The molecule has 10 heavy (non-hydrogen) atoms. The molecule has 1 heteroatoms. The van der Waals surface area contributed by atoms with Crippen LogP contribution in [0, 0.1) is 5.92 Å². The van der Waals surface area contributed by atoms with Crippen LogP contribution in [-0.4, -0.2) is 12.7 Å². The van der Waals surface area contributed by atoms with E-state index in [0.717, 1.165) is 12.5 Å². The summed E-state index contributed by atoms with van der Waals surface area (Å²) >= 11 is 0. The van der Waals surface area contributed by atoms with E-state index < -0.39 is 0 Å². The molecule has 0 unspecified atom stereocenters. The van der Waals surface area contributed by atoms with Crippen molar-refractivity contribution in [3.05, 3.63) is 0 Å². The van der Waals surface area contributed by atoms with Gasteiger partial charge in [-0.05, 0) is 31.6 Å². The number of hydrogen-bond acceptors (Lipinski definition) is 1. The highest BCUT2D eigenvalue weighted by atomic mass is 16.5. The first-order valence-electron chi connectivity index (χ1n) is 4.57. The lowest BCUT2D eigenvalue weighted by Crippen LogP contribution is -2.09. The Kier molecular flexibility index (Phi) is 1.94. The van der Waals surface area contributed by atoms with Gasteiger partial charge in [-0.15, -0.1) is 0 Å². The van der Waals surface area contributed by atoms with Gasteiger partial charge in [0.25, 0.3) is 0 Å². The van der Waals surface area contributed by atoms with Crippen molar-refractivity contribution >= 4 is 0 Å². The van der Waals surface area contributed by atoms with Crippen LogP contribution in [0.2, 0.25) is 0 Å². The van der Waals surface area contributed by atoms with Crippen molar-refractivity contribution in [2.24, 2.45) is 5.92 Å². The molecule has 0 aromatic heterocycles.